The summed E-state index contributed by atoms with van der Waals surface area (Å²) in [6.45, 7) is 1.62. The highest BCUT2D eigenvalue weighted by Crippen LogP contribution is 2.38. The van der Waals surface area contributed by atoms with Crippen LogP contribution in [0.2, 0.25) is 0 Å². The molecule has 11 nitrogen and oxygen atoms in total. The molecule has 31 heavy (non-hydrogen) atoms. The van der Waals surface area contributed by atoms with Crippen LogP contribution in [0.25, 0.3) is 11.5 Å². The summed E-state index contributed by atoms with van der Waals surface area (Å²) in [5.74, 6) is 1.45. The van der Waals surface area contributed by atoms with Gasteiger partial charge in [-0.25, -0.2) is 0 Å². The van der Waals surface area contributed by atoms with E-state index in [9.17, 15) is 9.59 Å². The second kappa shape index (κ2) is 7.20. The number of carbonyl (C=O) groups excluding carboxylic acids is 2. The predicted molar refractivity (Wildman–Crippen MR) is 109 cm³/mol. The second-order valence-corrected chi connectivity index (χ2v) is 7.20. The van der Waals surface area contributed by atoms with Crippen LogP contribution in [-0.2, 0) is 9.59 Å². The molecule has 3 N–H and O–H groups in total. The van der Waals surface area contributed by atoms with Gasteiger partial charge in [0.25, 0.3) is 5.91 Å². The highest BCUT2D eigenvalue weighted by Gasteiger charge is 2.30. The summed E-state index contributed by atoms with van der Waals surface area (Å²) in [6, 6.07) is 10.8. The molecule has 0 radical (unpaired) electrons. The van der Waals surface area contributed by atoms with Crippen molar-refractivity contribution in [3.8, 4) is 11.6 Å². The number of hydrogen-bond donors (Lipinski definition) is 2. The van der Waals surface area contributed by atoms with Crippen molar-refractivity contribution in [2.45, 2.75) is 19.3 Å². The van der Waals surface area contributed by atoms with Crippen molar-refractivity contribution in [2.75, 3.05) is 11.9 Å². The Labute approximate surface area is 175 Å². The first-order valence-corrected chi connectivity index (χ1v) is 9.58. The van der Waals surface area contributed by atoms with Crippen LogP contribution < -0.4 is 15.8 Å². The lowest BCUT2D eigenvalue weighted by atomic mass is 9.87. The van der Waals surface area contributed by atoms with Crippen LogP contribution in [0, 0.1) is 6.92 Å². The molecule has 1 aliphatic heterocycles. The molecule has 4 heterocycles. The molecule has 5 rings (SSSR count). The number of nitrogens with zero attached hydrogens (tertiary/aromatic N) is 6. The molecule has 0 saturated carbocycles. The summed E-state index contributed by atoms with van der Waals surface area (Å²) in [5, 5.41) is 20.0. The Morgan fingerprint density at radius 2 is 2.03 bits per heavy atom. The number of amides is 2. The maximum Gasteiger partial charge on any atom is 0.255 e. The van der Waals surface area contributed by atoms with Gasteiger partial charge in [0.15, 0.2) is 23.9 Å². The molecule has 3 aromatic heterocycles. The number of ether oxygens (including phenoxy) is 1. The van der Waals surface area contributed by atoms with Crippen molar-refractivity contribution < 1.29 is 14.3 Å². The number of rotatable bonds is 5. The zero-order valence-corrected chi connectivity index (χ0v) is 16.5. The number of hydrogen-bond acceptors (Lipinski definition) is 7. The molecule has 2 amide bonds. The monoisotopic (exact) mass is 418 g/mol. The first kappa shape index (κ1) is 18.7. The Morgan fingerprint density at radius 3 is 2.81 bits per heavy atom. The van der Waals surface area contributed by atoms with E-state index in [0.717, 1.165) is 11.1 Å². The van der Waals surface area contributed by atoms with Crippen molar-refractivity contribution in [1.29, 1.82) is 0 Å². The number of aromatic nitrogens is 6. The third kappa shape index (κ3) is 3.35. The standard InChI is InChI=1S/C20H18N8O3/c1-11-24-25-17-6-7-18(26-27(11)17)28-20-15(9-22-28)14(8-19(30)23-20)12-2-4-13(5-3-12)31-10-16(21)29/h2-7,9,14H,8,10H2,1H3,(H2,21,29)(H,23,30)/t14-/m0/s1. The molecule has 0 bridgehead atoms. The third-order valence-corrected chi connectivity index (χ3v) is 5.11. The third-order valence-electron chi connectivity index (χ3n) is 5.11. The van der Waals surface area contributed by atoms with Crippen LogP contribution in [0.15, 0.2) is 42.6 Å². The van der Waals surface area contributed by atoms with Crippen LogP contribution in [0.1, 0.15) is 29.3 Å². The summed E-state index contributed by atoms with van der Waals surface area (Å²) in [4.78, 5) is 23.4. The van der Waals surface area contributed by atoms with Crippen LogP contribution in [0.4, 0.5) is 5.82 Å². The van der Waals surface area contributed by atoms with Gasteiger partial charge in [-0.3, -0.25) is 9.59 Å². The van der Waals surface area contributed by atoms with Crippen molar-refractivity contribution in [3.05, 3.63) is 59.5 Å². The number of anilines is 1. The minimum Gasteiger partial charge on any atom is -0.484 e. The van der Waals surface area contributed by atoms with E-state index in [-0.39, 0.29) is 24.9 Å². The average molecular weight is 418 g/mol. The number of fused-ring (bicyclic) bond motifs is 2. The normalized spacial score (nSPS) is 15.5. The van der Waals surface area contributed by atoms with E-state index in [1.807, 2.05) is 19.1 Å². The highest BCUT2D eigenvalue weighted by atomic mass is 16.5. The Bertz CT molecular complexity index is 1310. The van der Waals surface area contributed by atoms with Gasteiger partial charge in [-0.15, -0.1) is 15.3 Å². The van der Waals surface area contributed by atoms with E-state index < -0.39 is 5.91 Å². The zero-order chi connectivity index (χ0) is 21.5. The fraction of sp³-hybridized carbons (Fsp3) is 0.200. The minimum absolute atomic E-state index is 0.116. The number of nitrogens with two attached hydrogens (primary N) is 1. The van der Waals surface area contributed by atoms with Crippen molar-refractivity contribution in [3.63, 3.8) is 0 Å². The molecule has 4 aromatic rings. The number of benzene rings is 1. The first-order chi connectivity index (χ1) is 15.0. The molecule has 1 atom stereocenters. The Hall–Kier alpha value is -4.28. The lowest BCUT2D eigenvalue weighted by Gasteiger charge is -2.23. The average Bonchev–Trinajstić information content (AvgIpc) is 3.35. The Balaban J connectivity index is 1.50. The predicted octanol–water partition coefficient (Wildman–Crippen LogP) is 0.957. The molecule has 0 saturated heterocycles. The molecule has 1 aliphatic rings. The van der Waals surface area contributed by atoms with Gasteiger partial charge in [-0.05, 0) is 36.8 Å². The number of aryl methyl sites for hydroxylation is 1. The zero-order valence-electron chi connectivity index (χ0n) is 16.5. The summed E-state index contributed by atoms with van der Waals surface area (Å²) < 4.78 is 8.53. The second-order valence-electron chi connectivity index (χ2n) is 7.20. The maximum atomic E-state index is 12.5. The van der Waals surface area contributed by atoms with Gasteiger partial charge in [-0.1, -0.05) is 12.1 Å². The van der Waals surface area contributed by atoms with E-state index in [1.54, 1.807) is 39.7 Å². The van der Waals surface area contributed by atoms with E-state index in [4.69, 9.17) is 10.5 Å². The molecule has 0 unspecified atom stereocenters. The lowest BCUT2D eigenvalue weighted by Crippen LogP contribution is -2.25. The van der Waals surface area contributed by atoms with Crippen molar-refractivity contribution in [2.24, 2.45) is 5.73 Å². The van der Waals surface area contributed by atoms with Gasteiger partial charge >= 0.3 is 0 Å². The van der Waals surface area contributed by atoms with Gasteiger partial charge < -0.3 is 15.8 Å². The summed E-state index contributed by atoms with van der Waals surface area (Å²) >= 11 is 0. The Kier molecular flexibility index (Phi) is 4.35. The van der Waals surface area contributed by atoms with Gasteiger partial charge in [0.2, 0.25) is 5.91 Å². The first-order valence-electron chi connectivity index (χ1n) is 9.58. The molecule has 1 aromatic carbocycles. The Morgan fingerprint density at radius 1 is 1.23 bits per heavy atom. The lowest BCUT2D eigenvalue weighted by molar-refractivity contribution is -0.120. The van der Waals surface area contributed by atoms with Crippen LogP contribution in [0.3, 0.4) is 0 Å². The van der Waals surface area contributed by atoms with Crippen LogP contribution in [0.5, 0.6) is 5.75 Å². The highest BCUT2D eigenvalue weighted by molar-refractivity contribution is 5.94. The van der Waals surface area contributed by atoms with Gasteiger partial charge in [0.05, 0.1) is 6.20 Å². The fourth-order valence-electron chi connectivity index (χ4n) is 3.64. The molecule has 11 heteroatoms. The summed E-state index contributed by atoms with van der Waals surface area (Å²) in [6.07, 6.45) is 2.03. The molecule has 0 aliphatic carbocycles. The smallest absolute Gasteiger partial charge is 0.255 e. The van der Waals surface area contributed by atoms with Crippen molar-refractivity contribution in [1.82, 2.24) is 29.6 Å². The van der Waals surface area contributed by atoms with Gasteiger partial charge in [0, 0.05) is 17.9 Å². The molecular weight excluding hydrogens is 400 g/mol. The minimum atomic E-state index is -0.543. The molecule has 0 fully saturated rings. The van der Waals surface area contributed by atoms with E-state index in [1.165, 1.54) is 0 Å². The summed E-state index contributed by atoms with van der Waals surface area (Å²) in [7, 11) is 0. The number of primary amides is 1. The van der Waals surface area contributed by atoms with E-state index in [2.05, 4.69) is 25.7 Å². The van der Waals surface area contributed by atoms with E-state index >= 15 is 0 Å². The summed E-state index contributed by atoms with van der Waals surface area (Å²) in [5.41, 5.74) is 7.55. The quantitative estimate of drug-likeness (QED) is 0.491. The van der Waals surface area contributed by atoms with E-state index in [0.29, 0.717) is 28.9 Å². The topological polar surface area (TPSA) is 142 Å². The van der Waals surface area contributed by atoms with Crippen LogP contribution >= 0.6 is 0 Å². The largest absolute Gasteiger partial charge is 0.484 e. The van der Waals surface area contributed by atoms with Gasteiger partial charge in [-0.2, -0.15) is 14.3 Å². The van der Waals surface area contributed by atoms with Crippen LogP contribution in [-0.4, -0.2) is 48.0 Å². The van der Waals surface area contributed by atoms with Crippen molar-refractivity contribution >= 4 is 23.3 Å². The number of carbonyl (C=O) groups is 2. The maximum absolute atomic E-state index is 12.5. The number of nitrogens with one attached hydrogen (secondary N) is 1. The van der Waals surface area contributed by atoms with Gasteiger partial charge in [0.1, 0.15) is 11.6 Å². The molecule has 156 valence electrons. The SMILES string of the molecule is Cc1nnc2ccc(-n3ncc4c3NC(=O)C[C@H]4c3ccc(OCC(N)=O)cc3)nn12. The molecule has 0 spiro atoms. The molecular formula is C20H18N8O3. The fourth-order valence-corrected chi connectivity index (χ4v) is 3.64.